The standard InChI is InChI=1S/C17H14FN2O5P/c1-10-14(17(22)19-26(23,24)25)13-4-2-3-9-20(13)15(10)16(21)11-5-7-12(18)8-6-11/h2-9H,1H3,(H3,19,22,23,24,25)/p-2. The molecular weight excluding hydrogens is 362 g/mol. The molecule has 0 saturated carbocycles. The lowest BCUT2D eigenvalue weighted by Gasteiger charge is -2.29. The molecule has 0 atom stereocenters. The van der Waals surface area contributed by atoms with Gasteiger partial charge >= 0.3 is 0 Å². The maximum atomic E-state index is 13.1. The van der Waals surface area contributed by atoms with E-state index in [0.717, 1.165) is 12.1 Å². The van der Waals surface area contributed by atoms with E-state index < -0.39 is 25.3 Å². The minimum absolute atomic E-state index is 0.0945. The number of benzene rings is 1. The van der Waals surface area contributed by atoms with Crippen molar-refractivity contribution in [2.75, 3.05) is 0 Å². The lowest BCUT2D eigenvalue weighted by atomic mass is 10.0. The number of pyridine rings is 1. The molecule has 0 saturated heterocycles. The Morgan fingerprint density at radius 1 is 1.12 bits per heavy atom. The summed E-state index contributed by atoms with van der Waals surface area (Å²) in [5, 5.41) is 1.40. The first kappa shape index (κ1) is 18.0. The van der Waals surface area contributed by atoms with E-state index in [2.05, 4.69) is 0 Å². The molecule has 0 spiro atoms. The van der Waals surface area contributed by atoms with Crippen molar-refractivity contribution in [3.8, 4) is 0 Å². The van der Waals surface area contributed by atoms with Crippen molar-refractivity contribution >= 4 is 25.0 Å². The van der Waals surface area contributed by atoms with Gasteiger partial charge in [0.15, 0.2) is 0 Å². The van der Waals surface area contributed by atoms with Crippen molar-refractivity contribution in [2.24, 2.45) is 0 Å². The SMILES string of the molecule is Cc1c(C(=O)NP(=O)([O-])[O-])c2ccccn2c1C(=O)c1ccc(F)cc1. The normalized spacial score (nSPS) is 11.5. The Labute approximate surface area is 147 Å². The summed E-state index contributed by atoms with van der Waals surface area (Å²) in [4.78, 5) is 46.9. The first-order valence-electron chi connectivity index (χ1n) is 7.43. The number of rotatable bonds is 4. The Bertz CT molecular complexity index is 1070. The summed E-state index contributed by atoms with van der Waals surface area (Å²) in [6.07, 6.45) is 1.53. The van der Waals surface area contributed by atoms with E-state index in [1.54, 1.807) is 12.1 Å². The Hall–Kier alpha value is -2.80. The fourth-order valence-corrected chi connectivity index (χ4v) is 3.18. The smallest absolute Gasteiger partial charge is 0.257 e. The molecule has 9 heteroatoms. The second-order valence-electron chi connectivity index (χ2n) is 5.58. The van der Waals surface area contributed by atoms with Crippen LogP contribution < -0.4 is 14.9 Å². The molecule has 0 unspecified atom stereocenters. The Morgan fingerprint density at radius 3 is 2.38 bits per heavy atom. The molecule has 3 aromatic rings. The molecule has 134 valence electrons. The third kappa shape index (κ3) is 3.30. The number of halogens is 1. The number of hydrogen-bond acceptors (Lipinski definition) is 5. The molecule has 26 heavy (non-hydrogen) atoms. The molecule has 0 aliphatic heterocycles. The van der Waals surface area contributed by atoms with Gasteiger partial charge in [-0.1, -0.05) is 6.07 Å². The van der Waals surface area contributed by atoms with Crippen LogP contribution in [0.15, 0.2) is 48.7 Å². The van der Waals surface area contributed by atoms with Crippen LogP contribution in [0.2, 0.25) is 0 Å². The van der Waals surface area contributed by atoms with Crippen molar-refractivity contribution in [1.29, 1.82) is 0 Å². The van der Waals surface area contributed by atoms with Gasteiger partial charge in [0.2, 0.25) is 5.78 Å². The molecular formula is C17H12FN2O5P-2. The van der Waals surface area contributed by atoms with E-state index in [9.17, 15) is 28.3 Å². The van der Waals surface area contributed by atoms with Crippen LogP contribution in [0.1, 0.15) is 32.0 Å². The Balaban J connectivity index is 2.19. The van der Waals surface area contributed by atoms with Crippen molar-refractivity contribution in [2.45, 2.75) is 6.92 Å². The highest BCUT2D eigenvalue weighted by atomic mass is 31.2. The highest BCUT2D eigenvalue weighted by molar-refractivity contribution is 7.47. The number of carbonyl (C=O) groups is 2. The lowest BCUT2D eigenvalue weighted by molar-refractivity contribution is -0.316. The van der Waals surface area contributed by atoms with Crippen molar-refractivity contribution in [3.63, 3.8) is 0 Å². The second-order valence-corrected chi connectivity index (χ2v) is 6.80. The van der Waals surface area contributed by atoms with Gasteiger partial charge in [-0.2, -0.15) is 0 Å². The molecule has 1 aromatic carbocycles. The van der Waals surface area contributed by atoms with Gasteiger partial charge in [-0.05, 0) is 48.9 Å². The lowest BCUT2D eigenvalue weighted by Crippen LogP contribution is -2.32. The zero-order valence-electron chi connectivity index (χ0n) is 13.4. The molecule has 0 fully saturated rings. The van der Waals surface area contributed by atoms with Crippen molar-refractivity contribution in [1.82, 2.24) is 9.49 Å². The van der Waals surface area contributed by atoms with Crippen LogP contribution in [-0.2, 0) is 4.57 Å². The first-order chi connectivity index (χ1) is 12.2. The number of amides is 1. The largest absolute Gasteiger partial charge is 0.795 e. The topological polar surface area (TPSA) is 114 Å². The summed E-state index contributed by atoms with van der Waals surface area (Å²) in [6.45, 7) is 1.47. The minimum Gasteiger partial charge on any atom is -0.795 e. The number of fused-ring (bicyclic) bond motifs is 1. The summed E-state index contributed by atoms with van der Waals surface area (Å²) in [5.74, 6) is -2.09. The fraction of sp³-hybridized carbons (Fsp3) is 0.0588. The average Bonchev–Trinajstić information content (AvgIpc) is 2.85. The van der Waals surface area contributed by atoms with Crippen molar-refractivity contribution in [3.05, 3.63) is 76.9 Å². The number of nitrogens with zero attached hydrogens (tertiary/aromatic N) is 1. The van der Waals surface area contributed by atoms with Crippen molar-refractivity contribution < 1.29 is 28.3 Å². The molecule has 7 nitrogen and oxygen atoms in total. The molecule has 0 radical (unpaired) electrons. The van der Waals surface area contributed by atoms with Gasteiger partial charge in [-0.25, -0.2) is 4.39 Å². The van der Waals surface area contributed by atoms with Gasteiger partial charge in [-0.3, -0.25) is 9.59 Å². The zero-order chi connectivity index (χ0) is 19.1. The predicted molar refractivity (Wildman–Crippen MR) is 87.0 cm³/mol. The van der Waals surface area contributed by atoms with E-state index in [4.69, 9.17) is 0 Å². The molecule has 2 heterocycles. The fourth-order valence-electron chi connectivity index (χ4n) is 2.82. The Morgan fingerprint density at radius 2 is 1.77 bits per heavy atom. The van der Waals surface area contributed by atoms with E-state index >= 15 is 0 Å². The number of nitrogens with one attached hydrogen (secondary N) is 1. The van der Waals surface area contributed by atoms with Crippen LogP contribution in [0, 0.1) is 12.7 Å². The monoisotopic (exact) mass is 374 g/mol. The molecule has 0 bridgehead atoms. The average molecular weight is 374 g/mol. The zero-order valence-corrected chi connectivity index (χ0v) is 14.3. The predicted octanol–water partition coefficient (Wildman–Crippen LogP) is 1.18. The van der Waals surface area contributed by atoms with Crippen LogP contribution in [0.25, 0.3) is 5.52 Å². The summed E-state index contributed by atoms with van der Waals surface area (Å²) < 4.78 is 25.4. The van der Waals surface area contributed by atoms with E-state index in [0.29, 0.717) is 0 Å². The van der Waals surface area contributed by atoms with Crippen LogP contribution in [0.3, 0.4) is 0 Å². The van der Waals surface area contributed by atoms with Crippen LogP contribution in [-0.4, -0.2) is 16.1 Å². The highest BCUT2D eigenvalue weighted by Crippen LogP contribution is 2.27. The number of hydrogen-bond donors (Lipinski definition) is 1. The van der Waals surface area contributed by atoms with Crippen LogP contribution >= 0.6 is 7.75 Å². The molecule has 1 amide bonds. The van der Waals surface area contributed by atoms with E-state index in [-0.39, 0.29) is 27.9 Å². The molecule has 0 aliphatic carbocycles. The highest BCUT2D eigenvalue weighted by Gasteiger charge is 2.25. The summed E-state index contributed by atoms with van der Waals surface area (Å²) in [6, 6.07) is 9.64. The van der Waals surface area contributed by atoms with Gasteiger partial charge < -0.3 is 23.8 Å². The van der Waals surface area contributed by atoms with E-state index in [1.807, 2.05) is 0 Å². The number of aromatic nitrogens is 1. The third-order valence-corrected chi connectivity index (χ3v) is 4.35. The number of ketones is 1. The maximum Gasteiger partial charge on any atom is 0.257 e. The van der Waals surface area contributed by atoms with Crippen LogP contribution in [0.4, 0.5) is 4.39 Å². The first-order valence-corrected chi connectivity index (χ1v) is 8.98. The molecule has 1 N–H and O–H groups in total. The second kappa shape index (κ2) is 6.49. The van der Waals surface area contributed by atoms with E-state index in [1.165, 1.54) is 40.8 Å². The quantitative estimate of drug-likeness (QED) is 0.544. The van der Waals surface area contributed by atoms with Gasteiger partial charge in [0.25, 0.3) is 5.91 Å². The van der Waals surface area contributed by atoms with Crippen LogP contribution in [0.5, 0.6) is 0 Å². The van der Waals surface area contributed by atoms with Gasteiger partial charge in [0.05, 0.1) is 16.8 Å². The Kier molecular flexibility index (Phi) is 4.50. The van der Waals surface area contributed by atoms with Gasteiger partial charge in [0.1, 0.15) is 5.82 Å². The van der Waals surface area contributed by atoms with Gasteiger partial charge in [-0.15, -0.1) is 0 Å². The molecule has 2 aromatic heterocycles. The summed E-state index contributed by atoms with van der Waals surface area (Å²) >= 11 is 0. The maximum absolute atomic E-state index is 13.1. The molecule has 0 aliphatic rings. The number of carbonyl (C=O) groups excluding carboxylic acids is 2. The minimum atomic E-state index is -5.30. The molecule has 3 rings (SSSR count). The summed E-state index contributed by atoms with van der Waals surface area (Å²) in [5.41, 5.74) is 0.688. The summed E-state index contributed by atoms with van der Waals surface area (Å²) in [7, 11) is -5.30. The third-order valence-electron chi connectivity index (χ3n) is 3.87. The van der Waals surface area contributed by atoms with Gasteiger partial charge in [0, 0.05) is 19.5 Å².